The van der Waals surface area contributed by atoms with E-state index < -0.39 is 0 Å². The van der Waals surface area contributed by atoms with Crippen molar-refractivity contribution in [3.8, 4) is 0 Å². The van der Waals surface area contributed by atoms with E-state index in [2.05, 4.69) is 27.4 Å². The molecule has 3 heteroatoms. The van der Waals surface area contributed by atoms with Gasteiger partial charge in [0.25, 0.3) is 0 Å². The highest BCUT2D eigenvalue weighted by Gasteiger charge is 2.60. The summed E-state index contributed by atoms with van der Waals surface area (Å²) in [5, 5.41) is 0. The Morgan fingerprint density at radius 1 is 1.25 bits per heavy atom. The third kappa shape index (κ3) is 3.50. The number of ether oxygens (including phenoxy) is 1. The van der Waals surface area contributed by atoms with Crippen molar-refractivity contribution >= 4 is 12.3 Å². The Balaban J connectivity index is 1.94. The van der Waals surface area contributed by atoms with Gasteiger partial charge in [0.15, 0.2) is 0 Å². The molecular formula is C25H38O3. The molecule has 0 aliphatic heterocycles. The number of esters is 1. The fourth-order valence-electron chi connectivity index (χ4n) is 7.44. The largest absolute Gasteiger partial charge is 0.459 e. The summed E-state index contributed by atoms with van der Waals surface area (Å²) in [5.41, 5.74) is 1.54. The Hall–Kier alpha value is -1.38. The van der Waals surface area contributed by atoms with Crippen molar-refractivity contribution in [3.63, 3.8) is 0 Å². The van der Waals surface area contributed by atoms with Gasteiger partial charge in [-0.1, -0.05) is 45.8 Å². The van der Waals surface area contributed by atoms with Crippen LogP contribution in [0.5, 0.6) is 0 Å². The van der Waals surface area contributed by atoms with Gasteiger partial charge >= 0.3 is 5.97 Å². The van der Waals surface area contributed by atoms with Gasteiger partial charge in [-0.3, -0.25) is 4.79 Å². The SMILES string of the molecule is C=CC(=O)OC1CCC2C3C(CC)C/C(=C/C=O)C(CCC)C3CCC12CC. The van der Waals surface area contributed by atoms with Crippen molar-refractivity contribution in [2.45, 2.75) is 84.7 Å². The molecule has 3 rings (SSSR count). The molecule has 3 saturated carbocycles. The smallest absolute Gasteiger partial charge is 0.330 e. The van der Waals surface area contributed by atoms with Crippen molar-refractivity contribution in [2.75, 3.05) is 0 Å². The Bertz CT molecular complexity index is 621. The van der Waals surface area contributed by atoms with Gasteiger partial charge in [-0.2, -0.15) is 0 Å². The lowest BCUT2D eigenvalue weighted by Gasteiger charge is -2.56. The molecule has 0 N–H and O–H groups in total. The Morgan fingerprint density at radius 2 is 2.04 bits per heavy atom. The predicted octanol–water partition coefficient (Wildman–Crippen LogP) is 5.89. The Kier molecular flexibility index (Phi) is 6.83. The first-order chi connectivity index (χ1) is 13.6. The lowest BCUT2D eigenvalue weighted by atomic mass is 9.48. The molecule has 3 aliphatic rings. The number of rotatable bonds is 7. The maximum atomic E-state index is 12.0. The summed E-state index contributed by atoms with van der Waals surface area (Å²) in [6, 6.07) is 0. The molecule has 0 bridgehead atoms. The summed E-state index contributed by atoms with van der Waals surface area (Å²) in [4.78, 5) is 23.3. The van der Waals surface area contributed by atoms with Crippen molar-refractivity contribution < 1.29 is 14.3 Å². The highest BCUT2D eigenvalue weighted by atomic mass is 16.5. The van der Waals surface area contributed by atoms with Gasteiger partial charge in [0.2, 0.25) is 0 Å². The van der Waals surface area contributed by atoms with E-state index in [4.69, 9.17) is 4.74 Å². The van der Waals surface area contributed by atoms with Crippen LogP contribution in [0.3, 0.4) is 0 Å². The second-order valence-corrected chi connectivity index (χ2v) is 9.33. The number of hydrogen-bond acceptors (Lipinski definition) is 3. The van der Waals surface area contributed by atoms with Gasteiger partial charge in [0.05, 0.1) is 0 Å². The topological polar surface area (TPSA) is 43.4 Å². The minimum Gasteiger partial charge on any atom is -0.459 e. The summed E-state index contributed by atoms with van der Waals surface area (Å²) in [6.45, 7) is 10.5. The monoisotopic (exact) mass is 386 g/mol. The predicted molar refractivity (Wildman–Crippen MR) is 113 cm³/mol. The van der Waals surface area contributed by atoms with E-state index in [-0.39, 0.29) is 17.5 Å². The van der Waals surface area contributed by atoms with Crippen LogP contribution in [0, 0.1) is 35.0 Å². The molecule has 0 heterocycles. The fourth-order valence-corrected chi connectivity index (χ4v) is 7.44. The van der Waals surface area contributed by atoms with E-state index >= 15 is 0 Å². The maximum absolute atomic E-state index is 12.0. The molecule has 7 unspecified atom stereocenters. The van der Waals surface area contributed by atoms with Gasteiger partial charge in [0.1, 0.15) is 12.4 Å². The number of carbonyl (C=O) groups excluding carboxylic acids is 2. The second-order valence-electron chi connectivity index (χ2n) is 9.33. The van der Waals surface area contributed by atoms with Gasteiger partial charge < -0.3 is 4.74 Å². The normalized spacial score (nSPS) is 41.2. The lowest BCUT2D eigenvalue weighted by Crippen LogP contribution is -2.51. The maximum Gasteiger partial charge on any atom is 0.330 e. The van der Waals surface area contributed by atoms with Crippen LogP contribution in [0.2, 0.25) is 0 Å². The average Bonchev–Trinajstić information content (AvgIpc) is 3.08. The van der Waals surface area contributed by atoms with E-state index in [9.17, 15) is 9.59 Å². The molecule has 3 fully saturated rings. The van der Waals surface area contributed by atoms with Gasteiger partial charge in [-0.15, -0.1) is 0 Å². The van der Waals surface area contributed by atoms with E-state index in [1.165, 1.54) is 43.8 Å². The molecule has 0 aromatic carbocycles. The van der Waals surface area contributed by atoms with E-state index in [0.717, 1.165) is 32.0 Å². The first kappa shape index (κ1) is 21.3. The van der Waals surface area contributed by atoms with Crippen LogP contribution in [0.4, 0.5) is 0 Å². The highest BCUT2D eigenvalue weighted by molar-refractivity contribution is 5.81. The summed E-state index contributed by atoms with van der Waals surface area (Å²) >= 11 is 0. The number of hydrogen-bond donors (Lipinski definition) is 0. The number of fused-ring (bicyclic) bond motifs is 3. The quantitative estimate of drug-likeness (QED) is 0.311. The zero-order valence-corrected chi connectivity index (χ0v) is 18.0. The molecule has 0 amide bonds. The first-order valence-electron chi connectivity index (χ1n) is 11.5. The molecule has 7 atom stereocenters. The third-order valence-electron chi connectivity index (χ3n) is 8.55. The summed E-state index contributed by atoms with van der Waals surface area (Å²) in [7, 11) is 0. The van der Waals surface area contributed by atoms with Crippen LogP contribution in [0.15, 0.2) is 24.3 Å². The minimum absolute atomic E-state index is 0.0444. The number of carbonyl (C=O) groups is 2. The van der Waals surface area contributed by atoms with Crippen molar-refractivity contribution in [3.05, 3.63) is 24.3 Å². The van der Waals surface area contributed by atoms with Crippen LogP contribution in [-0.4, -0.2) is 18.4 Å². The molecule has 0 saturated heterocycles. The zero-order valence-electron chi connectivity index (χ0n) is 18.0. The van der Waals surface area contributed by atoms with E-state index in [1.54, 1.807) is 0 Å². The van der Waals surface area contributed by atoms with Crippen molar-refractivity contribution in [2.24, 2.45) is 35.0 Å². The lowest BCUT2D eigenvalue weighted by molar-refractivity contribution is -0.156. The van der Waals surface area contributed by atoms with Crippen LogP contribution in [0.25, 0.3) is 0 Å². The average molecular weight is 387 g/mol. The summed E-state index contributed by atoms with van der Waals surface area (Å²) in [6.07, 6.45) is 14.5. The molecule has 0 aromatic rings. The van der Waals surface area contributed by atoms with Gasteiger partial charge in [0, 0.05) is 11.5 Å². The van der Waals surface area contributed by atoms with Crippen LogP contribution in [0.1, 0.15) is 78.6 Å². The molecule has 0 radical (unpaired) electrons. The summed E-state index contributed by atoms with van der Waals surface area (Å²) in [5.74, 6) is 2.97. The standard InChI is InChI=1S/C25H38O3/c1-5-9-19-18(13-15-26)16-17(6-2)24-20(19)12-14-25(8-4)21(24)10-11-22(25)28-23(27)7-3/h7,13,15,17,19-22,24H,3,5-6,8-12,14,16H2,1-2,4H3/b18-13-. The fraction of sp³-hybridized carbons (Fsp3) is 0.760. The second kappa shape index (κ2) is 8.97. The molecular weight excluding hydrogens is 348 g/mol. The Labute approximate surface area is 171 Å². The molecule has 28 heavy (non-hydrogen) atoms. The van der Waals surface area contributed by atoms with Crippen molar-refractivity contribution in [1.82, 2.24) is 0 Å². The highest BCUT2D eigenvalue weighted by Crippen LogP contribution is 2.65. The molecule has 0 aromatic heterocycles. The van der Waals surface area contributed by atoms with E-state index in [1.807, 2.05) is 6.08 Å². The summed E-state index contributed by atoms with van der Waals surface area (Å²) < 4.78 is 5.89. The molecule has 156 valence electrons. The molecule has 0 spiro atoms. The van der Waals surface area contributed by atoms with Gasteiger partial charge in [-0.25, -0.2) is 4.79 Å². The third-order valence-corrected chi connectivity index (χ3v) is 8.55. The molecule has 3 aliphatic carbocycles. The van der Waals surface area contributed by atoms with Gasteiger partial charge in [-0.05, 0) is 80.6 Å². The number of allylic oxidation sites excluding steroid dienone is 2. The zero-order chi connectivity index (χ0) is 20.3. The first-order valence-corrected chi connectivity index (χ1v) is 11.5. The van der Waals surface area contributed by atoms with Crippen LogP contribution in [-0.2, 0) is 14.3 Å². The van der Waals surface area contributed by atoms with Crippen LogP contribution >= 0.6 is 0 Å². The Morgan fingerprint density at radius 3 is 2.64 bits per heavy atom. The van der Waals surface area contributed by atoms with Crippen molar-refractivity contribution in [1.29, 1.82) is 0 Å². The van der Waals surface area contributed by atoms with Crippen LogP contribution < -0.4 is 0 Å². The number of aldehydes is 1. The van der Waals surface area contributed by atoms with E-state index in [0.29, 0.717) is 29.6 Å². The molecule has 3 nitrogen and oxygen atoms in total. The minimum atomic E-state index is -0.267.